The molecule has 0 aliphatic heterocycles. The van der Waals surface area contributed by atoms with E-state index in [0.29, 0.717) is 0 Å². The lowest BCUT2D eigenvalue weighted by Crippen LogP contribution is -1.94. The first-order valence-electron chi connectivity index (χ1n) is 10.1. The van der Waals surface area contributed by atoms with Gasteiger partial charge in [0.25, 0.3) is 0 Å². The first-order chi connectivity index (χ1) is 11.2. The van der Waals surface area contributed by atoms with Gasteiger partial charge in [-0.1, -0.05) is 96.5 Å². The number of carboxylic acids is 1. The average molecular weight is 325 g/mol. The van der Waals surface area contributed by atoms with E-state index < -0.39 is 5.97 Å². The molecule has 0 fully saturated rings. The van der Waals surface area contributed by atoms with Crippen LogP contribution in [0.1, 0.15) is 117 Å². The van der Waals surface area contributed by atoms with E-state index in [9.17, 15) is 4.79 Å². The van der Waals surface area contributed by atoms with Crippen molar-refractivity contribution in [3.8, 4) is 0 Å². The molecule has 0 aromatic heterocycles. The van der Waals surface area contributed by atoms with Crippen LogP contribution >= 0.6 is 0 Å². The molecule has 2 heteroatoms. The molecule has 0 heterocycles. The number of hydrogen-bond donors (Lipinski definition) is 1. The summed E-state index contributed by atoms with van der Waals surface area (Å²) in [4.78, 5) is 10.9. The van der Waals surface area contributed by atoms with Gasteiger partial charge in [0.15, 0.2) is 0 Å². The zero-order chi connectivity index (χ0) is 17.2. The summed E-state index contributed by atoms with van der Waals surface area (Å²) in [6.45, 7) is 4.48. The summed E-state index contributed by atoms with van der Waals surface area (Å²) in [7, 11) is 0. The van der Waals surface area contributed by atoms with E-state index in [1.54, 1.807) is 0 Å². The van der Waals surface area contributed by atoms with Gasteiger partial charge in [0.1, 0.15) is 0 Å². The standard InChI is InChI=1S/C21H40O2/c1-3-5-7-9-11-12-14-16-18-20(19-21(22)23)17-15-13-10-8-6-4-2/h19H,3-18H2,1-2H3,(H,22,23)/b20-19-. The number of carbonyl (C=O) groups is 1. The average Bonchev–Trinajstić information content (AvgIpc) is 2.52. The van der Waals surface area contributed by atoms with Crippen LogP contribution in [0.2, 0.25) is 0 Å². The van der Waals surface area contributed by atoms with Gasteiger partial charge in [0.05, 0.1) is 0 Å². The second kappa shape index (κ2) is 17.6. The van der Waals surface area contributed by atoms with Crippen molar-refractivity contribution in [3.05, 3.63) is 11.6 Å². The molecule has 0 rings (SSSR count). The maximum atomic E-state index is 10.9. The predicted molar refractivity (Wildman–Crippen MR) is 101 cm³/mol. The van der Waals surface area contributed by atoms with E-state index in [1.165, 1.54) is 83.1 Å². The van der Waals surface area contributed by atoms with Crippen LogP contribution in [0.4, 0.5) is 0 Å². The topological polar surface area (TPSA) is 37.3 Å². The van der Waals surface area contributed by atoms with Crippen LogP contribution in [0.5, 0.6) is 0 Å². The van der Waals surface area contributed by atoms with E-state index in [-0.39, 0.29) is 0 Å². The highest BCUT2D eigenvalue weighted by molar-refractivity contribution is 5.80. The van der Waals surface area contributed by atoms with Gasteiger partial charge in [-0.2, -0.15) is 0 Å². The molecule has 0 saturated carbocycles. The summed E-state index contributed by atoms with van der Waals surface area (Å²) in [5.41, 5.74) is 1.15. The van der Waals surface area contributed by atoms with Crippen molar-refractivity contribution in [2.45, 2.75) is 117 Å². The van der Waals surface area contributed by atoms with Crippen molar-refractivity contribution in [1.29, 1.82) is 0 Å². The molecule has 2 nitrogen and oxygen atoms in total. The van der Waals surface area contributed by atoms with Gasteiger partial charge in [-0.3, -0.25) is 0 Å². The Bertz CT molecular complexity index is 294. The Morgan fingerprint density at radius 1 is 0.652 bits per heavy atom. The Labute approximate surface area is 144 Å². The lowest BCUT2D eigenvalue weighted by atomic mass is 9.99. The zero-order valence-corrected chi connectivity index (χ0v) is 15.7. The Morgan fingerprint density at radius 3 is 1.35 bits per heavy atom. The van der Waals surface area contributed by atoms with Gasteiger partial charge in [-0.25, -0.2) is 4.79 Å². The molecule has 0 amide bonds. The molecule has 136 valence electrons. The van der Waals surface area contributed by atoms with Crippen LogP contribution in [0.3, 0.4) is 0 Å². The molecule has 0 saturated heterocycles. The van der Waals surface area contributed by atoms with E-state index >= 15 is 0 Å². The van der Waals surface area contributed by atoms with Gasteiger partial charge in [-0.15, -0.1) is 0 Å². The molecule has 0 aromatic carbocycles. The number of rotatable bonds is 17. The molecule has 0 radical (unpaired) electrons. The molecular weight excluding hydrogens is 284 g/mol. The first-order valence-corrected chi connectivity index (χ1v) is 10.1. The Balaban J connectivity index is 3.70. The van der Waals surface area contributed by atoms with Crippen molar-refractivity contribution in [1.82, 2.24) is 0 Å². The minimum atomic E-state index is -0.773. The summed E-state index contributed by atoms with van der Waals surface area (Å²) in [5, 5.41) is 9.00. The highest BCUT2D eigenvalue weighted by Gasteiger charge is 2.02. The fraction of sp³-hybridized carbons (Fsp3) is 0.857. The van der Waals surface area contributed by atoms with Crippen molar-refractivity contribution in [3.63, 3.8) is 0 Å². The van der Waals surface area contributed by atoms with Crippen molar-refractivity contribution in [2.75, 3.05) is 0 Å². The molecular formula is C21H40O2. The third kappa shape index (κ3) is 17.4. The number of aliphatic carboxylic acids is 1. The van der Waals surface area contributed by atoms with Gasteiger partial charge in [0, 0.05) is 6.08 Å². The van der Waals surface area contributed by atoms with Crippen molar-refractivity contribution >= 4 is 5.97 Å². The van der Waals surface area contributed by atoms with Crippen LogP contribution < -0.4 is 0 Å². The Morgan fingerprint density at radius 2 is 1.00 bits per heavy atom. The molecule has 23 heavy (non-hydrogen) atoms. The molecule has 0 bridgehead atoms. The second-order valence-corrected chi connectivity index (χ2v) is 6.88. The Kier molecular flexibility index (Phi) is 17.0. The van der Waals surface area contributed by atoms with E-state index in [2.05, 4.69) is 13.8 Å². The lowest BCUT2D eigenvalue weighted by Gasteiger charge is -2.07. The highest BCUT2D eigenvalue weighted by atomic mass is 16.4. The number of unbranched alkanes of at least 4 members (excludes halogenated alkanes) is 12. The normalized spacial score (nSPS) is 11.8. The molecule has 1 N–H and O–H groups in total. The molecule has 0 aliphatic rings. The van der Waals surface area contributed by atoms with E-state index in [4.69, 9.17) is 5.11 Å². The van der Waals surface area contributed by atoms with Crippen LogP contribution in [0.15, 0.2) is 11.6 Å². The largest absolute Gasteiger partial charge is 0.478 e. The Hall–Kier alpha value is -0.790. The number of hydrogen-bond acceptors (Lipinski definition) is 1. The van der Waals surface area contributed by atoms with Crippen LogP contribution in [-0.4, -0.2) is 11.1 Å². The predicted octanol–water partition coefficient (Wildman–Crippen LogP) is 7.28. The van der Waals surface area contributed by atoms with Gasteiger partial charge < -0.3 is 5.11 Å². The zero-order valence-electron chi connectivity index (χ0n) is 15.7. The third-order valence-electron chi connectivity index (χ3n) is 4.53. The number of carboxylic acid groups (broad SMARTS) is 1. The third-order valence-corrected chi connectivity index (χ3v) is 4.53. The monoisotopic (exact) mass is 324 g/mol. The summed E-state index contributed by atoms with van der Waals surface area (Å²) in [6, 6.07) is 0. The second-order valence-electron chi connectivity index (χ2n) is 6.88. The molecule has 0 atom stereocenters. The fourth-order valence-electron chi connectivity index (χ4n) is 3.06. The molecule has 0 aliphatic carbocycles. The maximum Gasteiger partial charge on any atom is 0.328 e. The van der Waals surface area contributed by atoms with Crippen LogP contribution in [-0.2, 0) is 4.79 Å². The minimum Gasteiger partial charge on any atom is -0.478 e. The van der Waals surface area contributed by atoms with Crippen molar-refractivity contribution in [2.24, 2.45) is 0 Å². The van der Waals surface area contributed by atoms with Gasteiger partial charge in [0.2, 0.25) is 0 Å². The van der Waals surface area contributed by atoms with E-state index in [0.717, 1.165) is 31.3 Å². The van der Waals surface area contributed by atoms with Crippen molar-refractivity contribution < 1.29 is 9.90 Å². The molecule has 0 spiro atoms. The SMILES string of the molecule is CCCCCCCCCC/C(=C\C(=O)O)CCCCCCCC. The molecule has 0 aromatic rings. The molecule has 0 unspecified atom stereocenters. The smallest absolute Gasteiger partial charge is 0.328 e. The lowest BCUT2D eigenvalue weighted by molar-refractivity contribution is -0.131. The summed E-state index contributed by atoms with van der Waals surface area (Å²) >= 11 is 0. The van der Waals surface area contributed by atoms with Crippen LogP contribution in [0, 0.1) is 0 Å². The summed E-state index contributed by atoms with van der Waals surface area (Å²) in [5.74, 6) is -0.773. The highest BCUT2D eigenvalue weighted by Crippen LogP contribution is 2.18. The van der Waals surface area contributed by atoms with E-state index in [1.807, 2.05) is 0 Å². The first kappa shape index (κ1) is 22.2. The summed E-state index contributed by atoms with van der Waals surface area (Å²) < 4.78 is 0. The summed E-state index contributed by atoms with van der Waals surface area (Å²) in [6.07, 6.45) is 21.5. The maximum absolute atomic E-state index is 10.9. The van der Waals surface area contributed by atoms with Gasteiger partial charge >= 0.3 is 5.97 Å². The quantitative estimate of drug-likeness (QED) is 0.225. The van der Waals surface area contributed by atoms with Crippen LogP contribution in [0.25, 0.3) is 0 Å². The number of allylic oxidation sites excluding steroid dienone is 1. The van der Waals surface area contributed by atoms with Gasteiger partial charge in [-0.05, 0) is 25.7 Å². The fourth-order valence-corrected chi connectivity index (χ4v) is 3.06. The minimum absolute atomic E-state index is 0.773.